The summed E-state index contributed by atoms with van der Waals surface area (Å²) in [6, 6.07) is 9.27. The average Bonchev–Trinajstić information content (AvgIpc) is 3.06. The molecule has 1 N–H and O–H groups in total. The summed E-state index contributed by atoms with van der Waals surface area (Å²) in [6.45, 7) is 1.86. The Kier molecular flexibility index (Phi) is 3.64. The first-order valence-electron chi connectivity index (χ1n) is 6.59. The normalized spacial score (nSPS) is 21.5. The first-order chi connectivity index (χ1) is 8.88. The van der Waals surface area contributed by atoms with Gasteiger partial charge in [0.05, 0.1) is 0 Å². The Balaban J connectivity index is 1.87. The number of fused-ring (bicyclic) bond motifs is 1. The quantitative estimate of drug-likeness (QED) is 0.908. The molecule has 18 heavy (non-hydrogen) atoms. The zero-order chi connectivity index (χ0) is 12.4. The molecule has 2 nitrogen and oxygen atoms in total. The molecule has 3 heteroatoms. The van der Waals surface area contributed by atoms with Gasteiger partial charge in [-0.3, -0.25) is 0 Å². The van der Waals surface area contributed by atoms with Gasteiger partial charge >= 0.3 is 0 Å². The molecule has 0 saturated carbocycles. The molecule has 2 aromatic rings. The van der Waals surface area contributed by atoms with Gasteiger partial charge in [-0.05, 0) is 48.2 Å². The van der Waals surface area contributed by atoms with E-state index < -0.39 is 0 Å². The van der Waals surface area contributed by atoms with Crippen molar-refractivity contribution in [3.8, 4) is 0 Å². The largest absolute Gasteiger partial charge is 0.381 e. The van der Waals surface area contributed by atoms with Crippen molar-refractivity contribution in [1.29, 1.82) is 0 Å². The average molecular weight is 261 g/mol. The molecule has 0 spiro atoms. The molecular weight excluding hydrogens is 242 g/mol. The Bertz CT molecular complexity index is 516. The van der Waals surface area contributed by atoms with E-state index in [-0.39, 0.29) is 0 Å². The fourth-order valence-corrected chi connectivity index (χ4v) is 3.76. The molecule has 0 amide bonds. The van der Waals surface area contributed by atoms with Gasteiger partial charge < -0.3 is 10.1 Å². The lowest BCUT2D eigenvalue weighted by Crippen LogP contribution is -2.20. The van der Waals surface area contributed by atoms with E-state index in [4.69, 9.17) is 4.74 Å². The third-order valence-electron chi connectivity index (χ3n) is 3.83. The van der Waals surface area contributed by atoms with Gasteiger partial charge in [0.2, 0.25) is 0 Å². The molecule has 1 aliphatic heterocycles. The summed E-state index contributed by atoms with van der Waals surface area (Å²) >= 11 is 1.84. The lowest BCUT2D eigenvalue weighted by molar-refractivity contribution is 0.182. The molecule has 96 valence electrons. The maximum Gasteiger partial charge on any atom is 0.0495 e. The van der Waals surface area contributed by atoms with Crippen LogP contribution in [0.2, 0.25) is 0 Å². The van der Waals surface area contributed by atoms with Crippen LogP contribution in [0.1, 0.15) is 24.4 Å². The minimum absolute atomic E-state index is 0.444. The molecule has 1 saturated heterocycles. The third kappa shape index (κ3) is 2.30. The van der Waals surface area contributed by atoms with Gasteiger partial charge in [-0.1, -0.05) is 18.2 Å². The van der Waals surface area contributed by atoms with Gasteiger partial charge in [0.15, 0.2) is 0 Å². The van der Waals surface area contributed by atoms with Gasteiger partial charge in [0.1, 0.15) is 0 Å². The van der Waals surface area contributed by atoms with Crippen molar-refractivity contribution >= 4 is 21.4 Å². The highest BCUT2D eigenvalue weighted by Crippen LogP contribution is 2.33. The molecule has 2 heterocycles. The highest BCUT2D eigenvalue weighted by molar-refractivity contribution is 7.17. The topological polar surface area (TPSA) is 21.3 Å². The molecule has 3 rings (SSSR count). The van der Waals surface area contributed by atoms with Gasteiger partial charge in [-0.15, -0.1) is 11.3 Å². The highest BCUT2D eigenvalue weighted by atomic mass is 32.1. The van der Waals surface area contributed by atoms with Gasteiger partial charge in [0.25, 0.3) is 0 Å². The molecule has 1 aromatic carbocycles. The Morgan fingerprint density at radius 1 is 1.44 bits per heavy atom. The Hall–Kier alpha value is -0.900. The lowest BCUT2D eigenvalue weighted by atomic mass is 9.94. The van der Waals surface area contributed by atoms with E-state index in [1.807, 2.05) is 11.3 Å². The van der Waals surface area contributed by atoms with Crippen molar-refractivity contribution in [2.24, 2.45) is 5.92 Å². The van der Waals surface area contributed by atoms with Crippen LogP contribution in [0, 0.1) is 5.92 Å². The van der Waals surface area contributed by atoms with Crippen molar-refractivity contribution in [3.05, 3.63) is 35.2 Å². The van der Waals surface area contributed by atoms with E-state index >= 15 is 0 Å². The van der Waals surface area contributed by atoms with Crippen molar-refractivity contribution in [2.45, 2.75) is 18.9 Å². The van der Waals surface area contributed by atoms with Crippen molar-refractivity contribution in [1.82, 2.24) is 5.32 Å². The summed E-state index contributed by atoms with van der Waals surface area (Å²) in [5, 5.41) is 7.02. The Morgan fingerprint density at radius 2 is 2.39 bits per heavy atom. The maximum atomic E-state index is 5.49. The van der Waals surface area contributed by atoms with Crippen LogP contribution in [-0.2, 0) is 4.74 Å². The van der Waals surface area contributed by atoms with E-state index in [1.165, 1.54) is 28.5 Å². The SMILES string of the molecule is CNC(CC1CCOC1)c1cccc2ccsc12. The van der Waals surface area contributed by atoms with E-state index in [2.05, 4.69) is 42.0 Å². The van der Waals surface area contributed by atoms with E-state index in [0.29, 0.717) is 12.0 Å². The molecule has 2 atom stereocenters. The summed E-state index contributed by atoms with van der Waals surface area (Å²) in [5.74, 6) is 0.706. The van der Waals surface area contributed by atoms with Crippen LogP contribution in [0.5, 0.6) is 0 Å². The van der Waals surface area contributed by atoms with Crippen molar-refractivity contribution in [3.63, 3.8) is 0 Å². The van der Waals surface area contributed by atoms with Crippen LogP contribution in [0.15, 0.2) is 29.6 Å². The van der Waals surface area contributed by atoms with Crippen molar-refractivity contribution < 1.29 is 4.74 Å². The number of rotatable bonds is 4. The monoisotopic (exact) mass is 261 g/mol. The van der Waals surface area contributed by atoms with Crippen LogP contribution in [0.4, 0.5) is 0 Å². The first-order valence-corrected chi connectivity index (χ1v) is 7.47. The fraction of sp³-hybridized carbons (Fsp3) is 0.467. The predicted molar refractivity (Wildman–Crippen MR) is 77.2 cm³/mol. The number of thiophene rings is 1. The van der Waals surface area contributed by atoms with Crippen LogP contribution >= 0.6 is 11.3 Å². The predicted octanol–water partition coefficient (Wildman–Crippen LogP) is 3.59. The van der Waals surface area contributed by atoms with Crippen LogP contribution < -0.4 is 5.32 Å². The molecule has 1 aliphatic rings. The Morgan fingerprint density at radius 3 is 3.17 bits per heavy atom. The number of nitrogens with one attached hydrogen (secondary N) is 1. The second-order valence-electron chi connectivity index (χ2n) is 4.99. The van der Waals surface area contributed by atoms with Gasteiger partial charge in [-0.25, -0.2) is 0 Å². The van der Waals surface area contributed by atoms with Crippen LogP contribution in [0.3, 0.4) is 0 Å². The van der Waals surface area contributed by atoms with Crippen LogP contribution in [-0.4, -0.2) is 20.3 Å². The minimum atomic E-state index is 0.444. The van der Waals surface area contributed by atoms with Crippen LogP contribution in [0.25, 0.3) is 10.1 Å². The number of benzene rings is 1. The summed E-state index contributed by atoms with van der Waals surface area (Å²) in [4.78, 5) is 0. The number of ether oxygens (including phenoxy) is 1. The standard InChI is InChI=1S/C15H19NOS/c1-16-14(9-11-5-7-17-10-11)13-4-2-3-12-6-8-18-15(12)13/h2-4,6,8,11,14,16H,5,7,9-10H2,1H3. The fourth-order valence-electron chi connectivity index (χ4n) is 2.79. The van der Waals surface area contributed by atoms with Gasteiger partial charge in [-0.2, -0.15) is 0 Å². The molecule has 2 unspecified atom stereocenters. The maximum absolute atomic E-state index is 5.49. The minimum Gasteiger partial charge on any atom is -0.381 e. The lowest BCUT2D eigenvalue weighted by Gasteiger charge is -2.20. The summed E-state index contributed by atoms with van der Waals surface area (Å²) in [7, 11) is 2.06. The van der Waals surface area contributed by atoms with E-state index in [9.17, 15) is 0 Å². The smallest absolute Gasteiger partial charge is 0.0495 e. The second kappa shape index (κ2) is 5.39. The molecular formula is C15H19NOS. The van der Waals surface area contributed by atoms with E-state index in [1.54, 1.807) is 0 Å². The first kappa shape index (κ1) is 12.2. The zero-order valence-corrected chi connectivity index (χ0v) is 11.5. The molecule has 1 aromatic heterocycles. The molecule has 1 fully saturated rings. The highest BCUT2D eigenvalue weighted by Gasteiger charge is 2.22. The summed E-state index contributed by atoms with van der Waals surface area (Å²) in [5.41, 5.74) is 1.44. The molecule has 0 aliphatic carbocycles. The third-order valence-corrected chi connectivity index (χ3v) is 4.81. The van der Waals surface area contributed by atoms with E-state index in [0.717, 1.165) is 13.2 Å². The molecule has 0 radical (unpaired) electrons. The summed E-state index contributed by atoms with van der Waals surface area (Å²) in [6.07, 6.45) is 2.38. The Labute approximate surface area is 112 Å². The van der Waals surface area contributed by atoms with Gasteiger partial charge in [0, 0.05) is 24.0 Å². The molecule has 0 bridgehead atoms. The number of hydrogen-bond acceptors (Lipinski definition) is 3. The number of hydrogen-bond donors (Lipinski definition) is 1. The zero-order valence-electron chi connectivity index (χ0n) is 10.7. The second-order valence-corrected chi connectivity index (χ2v) is 5.91. The van der Waals surface area contributed by atoms with Crippen molar-refractivity contribution in [2.75, 3.05) is 20.3 Å². The summed E-state index contributed by atoms with van der Waals surface area (Å²) < 4.78 is 6.91.